The summed E-state index contributed by atoms with van der Waals surface area (Å²) in [6.07, 6.45) is -7.14. The third-order valence-corrected chi connectivity index (χ3v) is 7.66. The smallest absolute Gasteiger partial charge is 0.427 e. The summed E-state index contributed by atoms with van der Waals surface area (Å²) in [6.45, 7) is 3.91. The lowest BCUT2D eigenvalue weighted by atomic mass is 10.1. The Hall–Kier alpha value is -3.26. The van der Waals surface area contributed by atoms with Crippen LogP contribution in [-0.4, -0.2) is 50.9 Å². The van der Waals surface area contributed by atoms with Gasteiger partial charge in [-0.05, 0) is 57.2 Å². The summed E-state index contributed by atoms with van der Waals surface area (Å²) in [6, 6.07) is 5.90. The van der Waals surface area contributed by atoms with Gasteiger partial charge in [0.25, 0.3) is 10.0 Å². The van der Waals surface area contributed by atoms with Gasteiger partial charge in [0.2, 0.25) is 11.5 Å². The van der Waals surface area contributed by atoms with Crippen LogP contribution in [-0.2, 0) is 19.6 Å². The minimum atomic E-state index is -4.84. The van der Waals surface area contributed by atoms with E-state index in [0.29, 0.717) is 13.8 Å². The summed E-state index contributed by atoms with van der Waals surface area (Å²) >= 11 is 5.79. The number of amides is 2. The third kappa shape index (κ3) is 6.23. The standard InChI is InChI=1S/C23H24ClF4N3O6S/c1-12(29-13(2)32)20-11-31(38(34,35)15-6-7-17(25)16(24)10-15)18-9-14(5-8-19(18)36-20)30-21(33)37-22(3,4)23(26,27)28/h5-10,12,20H,11H2,1-4H3,(H,29,32)(H,30,33)/t12-,20?/m0/s1. The van der Waals surface area contributed by atoms with Crippen molar-refractivity contribution in [2.24, 2.45) is 0 Å². The van der Waals surface area contributed by atoms with E-state index < -0.39 is 50.9 Å². The summed E-state index contributed by atoms with van der Waals surface area (Å²) in [5.41, 5.74) is -2.97. The second-order valence-electron chi connectivity index (χ2n) is 8.96. The van der Waals surface area contributed by atoms with Crippen LogP contribution in [0.1, 0.15) is 27.7 Å². The van der Waals surface area contributed by atoms with Gasteiger partial charge in [-0.15, -0.1) is 0 Å². The Morgan fingerprint density at radius 1 is 1.18 bits per heavy atom. The molecule has 0 fully saturated rings. The molecule has 2 aromatic carbocycles. The fourth-order valence-corrected chi connectivity index (χ4v) is 5.20. The number of carbonyl (C=O) groups excluding carboxylic acids is 2. The number of anilines is 2. The van der Waals surface area contributed by atoms with Crippen molar-refractivity contribution in [2.75, 3.05) is 16.2 Å². The van der Waals surface area contributed by atoms with Crippen molar-refractivity contribution in [2.45, 2.75) is 56.5 Å². The van der Waals surface area contributed by atoms with Gasteiger partial charge in [-0.3, -0.25) is 14.4 Å². The fraction of sp³-hybridized carbons (Fsp3) is 0.391. The largest absolute Gasteiger partial charge is 0.484 e. The van der Waals surface area contributed by atoms with E-state index in [1.165, 1.54) is 25.1 Å². The Balaban J connectivity index is 2.01. The molecular formula is C23H24ClF4N3O6S. The van der Waals surface area contributed by atoms with Crippen LogP contribution in [0.5, 0.6) is 5.75 Å². The molecule has 2 amide bonds. The average molecular weight is 582 g/mol. The fourth-order valence-electron chi connectivity index (χ4n) is 3.45. The van der Waals surface area contributed by atoms with Crippen molar-refractivity contribution < 1.29 is 45.0 Å². The number of halogens is 5. The molecule has 1 unspecified atom stereocenters. The molecule has 0 bridgehead atoms. The van der Waals surface area contributed by atoms with Crippen LogP contribution in [0, 0.1) is 5.82 Å². The summed E-state index contributed by atoms with van der Waals surface area (Å²) in [7, 11) is -4.41. The van der Waals surface area contributed by atoms with Crippen LogP contribution < -0.4 is 19.7 Å². The molecule has 38 heavy (non-hydrogen) atoms. The Kier molecular flexibility index (Phi) is 8.08. The number of hydrogen-bond acceptors (Lipinski definition) is 6. The molecule has 0 aliphatic carbocycles. The SMILES string of the molecule is CC(=O)N[C@@H](C)C1CN(S(=O)(=O)c2ccc(F)c(Cl)c2)c2cc(NC(=O)OC(C)(C)C(F)(F)F)ccc2O1. The second-order valence-corrected chi connectivity index (χ2v) is 11.2. The van der Waals surface area contributed by atoms with Crippen LogP contribution in [0.3, 0.4) is 0 Å². The first-order valence-corrected chi connectivity index (χ1v) is 12.9. The molecule has 9 nitrogen and oxygen atoms in total. The molecule has 1 aliphatic heterocycles. The number of alkyl halides is 3. The van der Waals surface area contributed by atoms with Crippen molar-refractivity contribution in [1.82, 2.24) is 5.32 Å². The van der Waals surface area contributed by atoms with E-state index in [1.54, 1.807) is 6.92 Å². The molecule has 1 aliphatic rings. The third-order valence-electron chi connectivity index (χ3n) is 5.60. The Bertz CT molecular complexity index is 1350. The van der Waals surface area contributed by atoms with Crippen LogP contribution >= 0.6 is 11.6 Å². The molecule has 15 heteroatoms. The highest BCUT2D eigenvalue weighted by atomic mass is 35.5. The Labute approximate surface area is 221 Å². The first-order chi connectivity index (χ1) is 17.4. The molecular weight excluding hydrogens is 558 g/mol. The van der Waals surface area contributed by atoms with E-state index in [2.05, 4.69) is 15.4 Å². The minimum absolute atomic E-state index is 0.0322. The molecule has 0 spiro atoms. The predicted octanol–water partition coefficient (Wildman–Crippen LogP) is 4.85. The topological polar surface area (TPSA) is 114 Å². The quantitative estimate of drug-likeness (QED) is 0.472. The molecule has 3 rings (SSSR count). The highest BCUT2D eigenvalue weighted by Crippen LogP contribution is 2.40. The Morgan fingerprint density at radius 2 is 1.84 bits per heavy atom. The van der Waals surface area contributed by atoms with Gasteiger partial charge in [0.1, 0.15) is 17.7 Å². The average Bonchev–Trinajstić information content (AvgIpc) is 2.78. The predicted molar refractivity (Wildman–Crippen MR) is 130 cm³/mol. The number of nitrogens with one attached hydrogen (secondary N) is 2. The van der Waals surface area contributed by atoms with Crippen molar-refractivity contribution in [3.8, 4) is 5.75 Å². The number of benzene rings is 2. The maximum atomic E-state index is 13.7. The molecule has 208 valence electrons. The van der Waals surface area contributed by atoms with Gasteiger partial charge in [0.05, 0.1) is 28.2 Å². The molecule has 0 saturated carbocycles. The van der Waals surface area contributed by atoms with Crippen LogP contribution in [0.2, 0.25) is 5.02 Å². The van der Waals surface area contributed by atoms with E-state index in [4.69, 9.17) is 16.3 Å². The zero-order valence-electron chi connectivity index (χ0n) is 20.5. The minimum Gasteiger partial charge on any atom is -0.484 e. The lowest BCUT2D eigenvalue weighted by molar-refractivity contribution is -0.242. The van der Waals surface area contributed by atoms with E-state index in [-0.39, 0.29) is 34.5 Å². The van der Waals surface area contributed by atoms with Crippen molar-refractivity contribution in [3.05, 3.63) is 47.2 Å². The number of ether oxygens (including phenoxy) is 2. The van der Waals surface area contributed by atoms with Gasteiger partial charge in [-0.2, -0.15) is 13.2 Å². The van der Waals surface area contributed by atoms with E-state index in [9.17, 15) is 35.6 Å². The van der Waals surface area contributed by atoms with Gasteiger partial charge >= 0.3 is 12.3 Å². The highest BCUT2D eigenvalue weighted by Gasteiger charge is 2.51. The lowest BCUT2D eigenvalue weighted by Gasteiger charge is -2.38. The van der Waals surface area contributed by atoms with Crippen LogP contribution in [0.4, 0.5) is 33.7 Å². The van der Waals surface area contributed by atoms with Gasteiger partial charge in [-0.25, -0.2) is 17.6 Å². The summed E-state index contributed by atoms with van der Waals surface area (Å²) in [4.78, 5) is 23.4. The van der Waals surface area contributed by atoms with Crippen LogP contribution in [0.25, 0.3) is 0 Å². The van der Waals surface area contributed by atoms with Crippen LogP contribution in [0.15, 0.2) is 41.3 Å². The highest BCUT2D eigenvalue weighted by molar-refractivity contribution is 7.92. The monoisotopic (exact) mass is 581 g/mol. The molecule has 0 saturated heterocycles. The van der Waals surface area contributed by atoms with Gasteiger partial charge in [0, 0.05) is 12.6 Å². The molecule has 2 N–H and O–H groups in total. The van der Waals surface area contributed by atoms with Crippen molar-refractivity contribution in [1.29, 1.82) is 0 Å². The van der Waals surface area contributed by atoms with E-state index in [1.807, 2.05) is 0 Å². The summed E-state index contributed by atoms with van der Waals surface area (Å²) in [5.74, 6) is -1.19. The molecule has 2 atom stereocenters. The van der Waals surface area contributed by atoms with Crippen molar-refractivity contribution >= 4 is 45.0 Å². The number of nitrogens with zero attached hydrogens (tertiary/aromatic N) is 1. The van der Waals surface area contributed by atoms with Crippen molar-refractivity contribution in [3.63, 3.8) is 0 Å². The molecule has 1 heterocycles. The first kappa shape index (κ1) is 29.3. The number of rotatable bonds is 6. The summed E-state index contributed by atoms with van der Waals surface area (Å²) in [5, 5.41) is 4.33. The molecule has 0 radical (unpaired) electrons. The zero-order valence-corrected chi connectivity index (χ0v) is 22.1. The zero-order chi connectivity index (χ0) is 28.6. The first-order valence-electron chi connectivity index (χ1n) is 11.0. The van der Waals surface area contributed by atoms with Gasteiger partial charge in [0.15, 0.2) is 0 Å². The number of sulfonamides is 1. The Morgan fingerprint density at radius 3 is 2.42 bits per heavy atom. The molecule has 0 aromatic heterocycles. The normalized spacial score (nSPS) is 16.7. The lowest BCUT2D eigenvalue weighted by Crippen LogP contribution is -2.52. The maximum Gasteiger partial charge on any atom is 0.427 e. The van der Waals surface area contributed by atoms with Gasteiger partial charge in [-0.1, -0.05) is 11.6 Å². The molecule has 2 aromatic rings. The summed E-state index contributed by atoms with van der Waals surface area (Å²) < 4.78 is 91.4. The van der Waals surface area contributed by atoms with Gasteiger partial charge < -0.3 is 14.8 Å². The van der Waals surface area contributed by atoms with E-state index >= 15 is 0 Å². The second kappa shape index (κ2) is 10.5. The maximum absolute atomic E-state index is 13.7. The number of hydrogen-bond donors (Lipinski definition) is 2. The van der Waals surface area contributed by atoms with E-state index in [0.717, 1.165) is 22.5 Å². The number of carbonyl (C=O) groups is 2. The number of fused-ring (bicyclic) bond motifs is 1.